The molecule has 2 rings (SSSR count). The fraction of sp³-hybridized carbons (Fsp3) is 0.429. The van der Waals surface area contributed by atoms with Gasteiger partial charge >= 0.3 is 6.03 Å². The molecular weight excluding hydrogens is 258 g/mol. The summed E-state index contributed by atoms with van der Waals surface area (Å²) in [5.74, 6) is 0.583. The lowest BCUT2D eigenvalue weighted by Gasteiger charge is -2.17. The molecule has 1 saturated heterocycles. The van der Waals surface area contributed by atoms with Crippen LogP contribution in [-0.2, 0) is 4.79 Å². The highest BCUT2D eigenvalue weighted by molar-refractivity contribution is 5.90. The molecule has 1 fully saturated rings. The molecule has 0 aliphatic carbocycles. The Bertz CT molecular complexity index is 504. The Morgan fingerprint density at radius 2 is 2.35 bits per heavy atom. The van der Waals surface area contributed by atoms with Crippen LogP contribution in [0, 0.1) is 0 Å². The van der Waals surface area contributed by atoms with Crippen molar-refractivity contribution in [2.45, 2.75) is 25.9 Å². The van der Waals surface area contributed by atoms with Crippen LogP contribution in [0.3, 0.4) is 0 Å². The number of urea groups is 1. The second kappa shape index (κ2) is 6.27. The maximum Gasteiger partial charge on any atom is 0.315 e. The first kappa shape index (κ1) is 14.2. The summed E-state index contributed by atoms with van der Waals surface area (Å²) in [5, 5.41) is 7.99. The van der Waals surface area contributed by atoms with Crippen molar-refractivity contribution in [3.05, 3.63) is 29.8 Å². The Kier molecular flexibility index (Phi) is 4.45. The molecule has 6 heteroatoms. The third-order valence-corrected chi connectivity index (χ3v) is 3.12. The van der Waals surface area contributed by atoms with Crippen LogP contribution in [0.1, 0.15) is 25.5 Å². The zero-order chi connectivity index (χ0) is 14.5. The normalized spacial score (nSPS) is 18.9. The van der Waals surface area contributed by atoms with Crippen LogP contribution in [0.25, 0.3) is 0 Å². The Balaban J connectivity index is 1.97. The van der Waals surface area contributed by atoms with E-state index in [4.69, 9.17) is 4.74 Å². The van der Waals surface area contributed by atoms with Gasteiger partial charge in [0.05, 0.1) is 12.6 Å². The Hall–Kier alpha value is -2.24. The van der Waals surface area contributed by atoms with E-state index in [9.17, 15) is 9.59 Å². The van der Waals surface area contributed by atoms with Gasteiger partial charge in [-0.1, -0.05) is 12.1 Å². The molecule has 2 unspecified atom stereocenters. The van der Waals surface area contributed by atoms with Crippen molar-refractivity contribution in [1.82, 2.24) is 16.0 Å². The lowest BCUT2D eigenvalue weighted by molar-refractivity contribution is -0.123. The molecule has 108 valence electrons. The third-order valence-electron chi connectivity index (χ3n) is 3.12. The molecule has 0 aromatic heterocycles. The summed E-state index contributed by atoms with van der Waals surface area (Å²) in [6.07, 6.45) is 0. The summed E-state index contributed by atoms with van der Waals surface area (Å²) < 4.78 is 5.44. The number of amides is 3. The molecule has 0 spiro atoms. The fourth-order valence-electron chi connectivity index (χ4n) is 2.05. The van der Waals surface area contributed by atoms with Gasteiger partial charge < -0.3 is 20.7 Å². The molecule has 0 saturated carbocycles. The molecule has 1 heterocycles. The van der Waals surface area contributed by atoms with Gasteiger partial charge in [0.25, 0.3) is 0 Å². The minimum absolute atomic E-state index is 0.152. The number of rotatable bonds is 5. The SMILES string of the molecule is CCOc1cccc(C(C)NC(=O)C2CNC(=O)N2)c1. The van der Waals surface area contributed by atoms with E-state index in [1.807, 2.05) is 38.1 Å². The molecule has 3 amide bonds. The van der Waals surface area contributed by atoms with Gasteiger partial charge in [0.2, 0.25) is 5.91 Å². The van der Waals surface area contributed by atoms with Crippen LogP contribution < -0.4 is 20.7 Å². The Labute approximate surface area is 117 Å². The molecular formula is C14H19N3O3. The largest absolute Gasteiger partial charge is 0.494 e. The zero-order valence-corrected chi connectivity index (χ0v) is 11.6. The van der Waals surface area contributed by atoms with E-state index in [-0.39, 0.29) is 18.0 Å². The average molecular weight is 277 g/mol. The highest BCUT2D eigenvalue weighted by Gasteiger charge is 2.27. The van der Waals surface area contributed by atoms with Gasteiger partial charge in [-0.3, -0.25) is 4.79 Å². The van der Waals surface area contributed by atoms with Gasteiger partial charge in [-0.05, 0) is 31.5 Å². The second-order valence-electron chi connectivity index (χ2n) is 4.64. The number of ether oxygens (including phenoxy) is 1. The summed E-state index contributed by atoms with van der Waals surface area (Å²) in [6, 6.07) is 6.63. The molecule has 3 N–H and O–H groups in total. The third kappa shape index (κ3) is 3.40. The van der Waals surface area contributed by atoms with E-state index in [0.29, 0.717) is 13.2 Å². The first-order valence-corrected chi connectivity index (χ1v) is 6.67. The molecule has 0 bridgehead atoms. The number of carbonyl (C=O) groups excluding carboxylic acids is 2. The molecule has 1 aliphatic rings. The van der Waals surface area contributed by atoms with Crippen molar-refractivity contribution >= 4 is 11.9 Å². The van der Waals surface area contributed by atoms with Crippen molar-refractivity contribution in [3.63, 3.8) is 0 Å². The van der Waals surface area contributed by atoms with Crippen molar-refractivity contribution in [2.75, 3.05) is 13.2 Å². The number of hydrogen-bond acceptors (Lipinski definition) is 3. The Morgan fingerprint density at radius 1 is 1.55 bits per heavy atom. The summed E-state index contributed by atoms with van der Waals surface area (Å²) in [5.41, 5.74) is 0.960. The monoisotopic (exact) mass is 277 g/mol. The minimum atomic E-state index is -0.514. The van der Waals surface area contributed by atoms with Crippen LogP contribution in [0.5, 0.6) is 5.75 Å². The van der Waals surface area contributed by atoms with Gasteiger partial charge in [-0.25, -0.2) is 4.79 Å². The van der Waals surface area contributed by atoms with Gasteiger partial charge in [0, 0.05) is 6.54 Å². The molecule has 0 radical (unpaired) electrons. The van der Waals surface area contributed by atoms with Gasteiger partial charge in [-0.2, -0.15) is 0 Å². The van der Waals surface area contributed by atoms with Crippen molar-refractivity contribution in [2.24, 2.45) is 0 Å². The van der Waals surface area contributed by atoms with Crippen molar-refractivity contribution in [1.29, 1.82) is 0 Å². The molecule has 2 atom stereocenters. The Morgan fingerprint density at radius 3 is 3.00 bits per heavy atom. The average Bonchev–Trinajstić information content (AvgIpc) is 2.86. The maximum absolute atomic E-state index is 12.0. The minimum Gasteiger partial charge on any atom is -0.494 e. The van der Waals surface area contributed by atoms with Crippen LogP contribution >= 0.6 is 0 Å². The van der Waals surface area contributed by atoms with Gasteiger partial charge in [-0.15, -0.1) is 0 Å². The zero-order valence-electron chi connectivity index (χ0n) is 11.6. The molecule has 6 nitrogen and oxygen atoms in total. The van der Waals surface area contributed by atoms with Crippen LogP contribution in [0.2, 0.25) is 0 Å². The number of nitrogens with one attached hydrogen (secondary N) is 3. The van der Waals surface area contributed by atoms with Gasteiger partial charge in [0.15, 0.2) is 0 Å². The summed E-state index contributed by atoms with van der Waals surface area (Å²) in [7, 11) is 0. The first-order chi connectivity index (χ1) is 9.60. The predicted octanol–water partition coefficient (Wildman–Crippen LogP) is 0.944. The fourth-order valence-corrected chi connectivity index (χ4v) is 2.05. The van der Waals surface area contributed by atoms with E-state index in [1.165, 1.54) is 0 Å². The molecule has 1 aromatic carbocycles. The number of benzene rings is 1. The van der Waals surface area contributed by atoms with Crippen LogP contribution in [-0.4, -0.2) is 31.1 Å². The molecule has 1 aliphatic heterocycles. The van der Waals surface area contributed by atoms with Crippen molar-refractivity contribution in [3.8, 4) is 5.75 Å². The van der Waals surface area contributed by atoms with E-state index in [0.717, 1.165) is 11.3 Å². The topological polar surface area (TPSA) is 79.5 Å². The maximum atomic E-state index is 12.0. The lowest BCUT2D eigenvalue weighted by atomic mass is 10.1. The van der Waals surface area contributed by atoms with Crippen LogP contribution in [0.4, 0.5) is 4.79 Å². The van der Waals surface area contributed by atoms with E-state index in [2.05, 4.69) is 16.0 Å². The number of carbonyl (C=O) groups is 2. The van der Waals surface area contributed by atoms with E-state index < -0.39 is 6.04 Å². The quantitative estimate of drug-likeness (QED) is 0.749. The van der Waals surface area contributed by atoms with Gasteiger partial charge in [0.1, 0.15) is 11.8 Å². The van der Waals surface area contributed by atoms with Crippen molar-refractivity contribution < 1.29 is 14.3 Å². The highest BCUT2D eigenvalue weighted by atomic mass is 16.5. The summed E-state index contributed by atoms with van der Waals surface area (Å²) >= 11 is 0. The standard InChI is InChI=1S/C14H19N3O3/c1-3-20-11-6-4-5-10(7-11)9(2)16-13(18)12-8-15-14(19)17-12/h4-7,9,12H,3,8H2,1-2H3,(H,16,18)(H2,15,17,19). The van der Waals surface area contributed by atoms with E-state index in [1.54, 1.807) is 0 Å². The predicted molar refractivity (Wildman–Crippen MR) is 74.5 cm³/mol. The smallest absolute Gasteiger partial charge is 0.315 e. The number of hydrogen-bond donors (Lipinski definition) is 3. The molecule has 20 heavy (non-hydrogen) atoms. The highest BCUT2D eigenvalue weighted by Crippen LogP contribution is 2.19. The van der Waals surface area contributed by atoms with Crippen LogP contribution in [0.15, 0.2) is 24.3 Å². The first-order valence-electron chi connectivity index (χ1n) is 6.67. The lowest BCUT2D eigenvalue weighted by Crippen LogP contribution is -2.43. The molecule has 1 aromatic rings. The van der Waals surface area contributed by atoms with E-state index >= 15 is 0 Å². The second-order valence-corrected chi connectivity index (χ2v) is 4.64. The summed E-state index contributed by atoms with van der Waals surface area (Å²) in [4.78, 5) is 23.0. The summed E-state index contributed by atoms with van der Waals surface area (Å²) in [6.45, 7) is 4.74.